The molecule has 0 aromatic heterocycles. The van der Waals surface area contributed by atoms with Crippen molar-refractivity contribution >= 4 is 21.6 Å². The summed E-state index contributed by atoms with van der Waals surface area (Å²) in [5.41, 5.74) is 4.91. The SMILES string of the molecule is Cc1cc(Br)cc(C)c1NCc1cccc(OC(C)C)c1. The third-order valence-electron chi connectivity index (χ3n) is 3.24. The number of benzene rings is 2. The average Bonchev–Trinajstić information content (AvgIpc) is 2.37. The first-order chi connectivity index (χ1) is 9.95. The molecule has 0 unspecified atom stereocenters. The Kier molecular flexibility index (Phi) is 5.29. The van der Waals surface area contributed by atoms with Gasteiger partial charge >= 0.3 is 0 Å². The van der Waals surface area contributed by atoms with Crippen LogP contribution < -0.4 is 10.1 Å². The summed E-state index contributed by atoms with van der Waals surface area (Å²) in [7, 11) is 0. The predicted octanol–water partition coefficient (Wildman–Crippen LogP) is 5.47. The van der Waals surface area contributed by atoms with E-state index in [0.29, 0.717) is 0 Å². The van der Waals surface area contributed by atoms with Crippen LogP contribution in [0.5, 0.6) is 5.75 Å². The maximum Gasteiger partial charge on any atom is 0.120 e. The van der Waals surface area contributed by atoms with E-state index in [-0.39, 0.29) is 6.10 Å². The Morgan fingerprint density at radius 3 is 2.38 bits per heavy atom. The van der Waals surface area contributed by atoms with Crippen LogP contribution in [-0.2, 0) is 6.54 Å². The van der Waals surface area contributed by atoms with Crippen LogP contribution in [-0.4, -0.2) is 6.10 Å². The summed E-state index contributed by atoms with van der Waals surface area (Å²) in [5.74, 6) is 0.925. The first-order valence-corrected chi connectivity index (χ1v) is 8.01. The van der Waals surface area contributed by atoms with Gasteiger partial charge in [0.05, 0.1) is 6.10 Å². The van der Waals surface area contributed by atoms with Crippen molar-refractivity contribution in [3.05, 3.63) is 57.6 Å². The van der Waals surface area contributed by atoms with Gasteiger partial charge in [0.2, 0.25) is 0 Å². The summed E-state index contributed by atoms with van der Waals surface area (Å²) in [5, 5.41) is 3.53. The molecule has 0 aliphatic heterocycles. The largest absolute Gasteiger partial charge is 0.491 e. The Labute approximate surface area is 135 Å². The van der Waals surface area contributed by atoms with Gasteiger partial charge < -0.3 is 10.1 Å². The lowest BCUT2D eigenvalue weighted by Crippen LogP contribution is -2.07. The van der Waals surface area contributed by atoms with Gasteiger partial charge in [0.25, 0.3) is 0 Å². The van der Waals surface area contributed by atoms with Crippen LogP contribution in [0.3, 0.4) is 0 Å². The highest BCUT2D eigenvalue weighted by Gasteiger charge is 2.05. The molecule has 0 saturated carbocycles. The standard InChI is InChI=1S/C18H22BrNO/c1-12(2)21-17-7-5-6-15(10-17)11-20-18-13(3)8-16(19)9-14(18)4/h5-10,12,20H,11H2,1-4H3. The second-order valence-electron chi connectivity index (χ2n) is 5.58. The topological polar surface area (TPSA) is 21.3 Å². The Morgan fingerprint density at radius 1 is 1.10 bits per heavy atom. The highest BCUT2D eigenvalue weighted by Crippen LogP contribution is 2.26. The van der Waals surface area contributed by atoms with Crippen molar-refractivity contribution < 1.29 is 4.74 Å². The molecule has 0 spiro atoms. The predicted molar refractivity (Wildman–Crippen MR) is 93.1 cm³/mol. The van der Waals surface area contributed by atoms with Crippen molar-refractivity contribution in [3.8, 4) is 5.75 Å². The Morgan fingerprint density at radius 2 is 1.76 bits per heavy atom. The number of rotatable bonds is 5. The van der Waals surface area contributed by atoms with E-state index in [1.54, 1.807) is 0 Å². The maximum absolute atomic E-state index is 5.74. The molecule has 21 heavy (non-hydrogen) atoms. The molecule has 0 amide bonds. The molecule has 0 saturated heterocycles. The van der Waals surface area contributed by atoms with Crippen molar-refractivity contribution in [1.82, 2.24) is 0 Å². The molecule has 112 valence electrons. The van der Waals surface area contributed by atoms with Crippen molar-refractivity contribution in [2.45, 2.75) is 40.3 Å². The van der Waals surface area contributed by atoms with Crippen LogP contribution in [0.25, 0.3) is 0 Å². The number of hydrogen-bond acceptors (Lipinski definition) is 2. The smallest absolute Gasteiger partial charge is 0.120 e. The molecule has 0 aliphatic carbocycles. The minimum atomic E-state index is 0.198. The van der Waals surface area contributed by atoms with Gasteiger partial charge in [0.1, 0.15) is 5.75 Å². The van der Waals surface area contributed by atoms with E-state index >= 15 is 0 Å². The van der Waals surface area contributed by atoms with Crippen molar-refractivity contribution in [2.75, 3.05) is 5.32 Å². The number of aryl methyl sites for hydroxylation is 2. The molecule has 3 heteroatoms. The van der Waals surface area contributed by atoms with Crippen molar-refractivity contribution in [2.24, 2.45) is 0 Å². The van der Waals surface area contributed by atoms with E-state index in [1.165, 1.54) is 22.4 Å². The lowest BCUT2D eigenvalue weighted by molar-refractivity contribution is 0.242. The fourth-order valence-electron chi connectivity index (χ4n) is 2.38. The third kappa shape index (κ3) is 4.50. The van der Waals surface area contributed by atoms with Gasteiger partial charge in [0, 0.05) is 16.7 Å². The molecular formula is C18H22BrNO. The molecule has 0 radical (unpaired) electrons. The fourth-order valence-corrected chi connectivity index (χ4v) is 3.07. The van der Waals surface area contributed by atoms with E-state index in [1.807, 2.05) is 26.0 Å². The average molecular weight is 348 g/mol. The second kappa shape index (κ2) is 6.99. The second-order valence-corrected chi connectivity index (χ2v) is 6.50. The van der Waals surface area contributed by atoms with Crippen LogP contribution >= 0.6 is 15.9 Å². The highest BCUT2D eigenvalue weighted by atomic mass is 79.9. The molecule has 0 heterocycles. The van der Waals surface area contributed by atoms with Gasteiger partial charge in [-0.05, 0) is 68.7 Å². The van der Waals surface area contributed by atoms with E-state index in [0.717, 1.165) is 16.8 Å². The monoisotopic (exact) mass is 347 g/mol. The van der Waals surface area contributed by atoms with Gasteiger partial charge in [-0.3, -0.25) is 0 Å². The Bertz CT molecular complexity index is 599. The number of hydrogen-bond donors (Lipinski definition) is 1. The van der Waals surface area contributed by atoms with E-state index in [4.69, 9.17) is 4.74 Å². The molecule has 2 rings (SSSR count). The van der Waals surface area contributed by atoms with Gasteiger partial charge in [-0.25, -0.2) is 0 Å². The fraction of sp³-hybridized carbons (Fsp3) is 0.333. The molecule has 2 aromatic carbocycles. The zero-order chi connectivity index (χ0) is 15.4. The normalized spacial score (nSPS) is 10.8. The zero-order valence-electron chi connectivity index (χ0n) is 13.0. The Hall–Kier alpha value is -1.48. The maximum atomic E-state index is 5.74. The molecule has 0 fully saturated rings. The number of anilines is 1. The van der Waals surface area contributed by atoms with Crippen molar-refractivity contribution in [1.29, 1.82) is 0 Å². The molecule has 0 aliphatic rings. The van der Waals surface area contributed by atoms with Gasteiger partial charge in [0.15, 0.2) is 0 Å². The third-order valence-corrected chi connectivity index (χ3v) is 3.69. The van der Waals surface area contributed by atoms with Gasteiger partial charge in [-0.2, -0.15) is 0 Å². The summed E-state index contributed by atoms with van der Waals surface area (Å²) in [6.07, 6.45) is 0.198. The summed E-state index contributed by atoms with van der Waals surface area (Å²) in [6.45, 7) is 9.12. The first kappa shape index (κ1) is 15.9. The molecule has 0 bridgehead atoms. The minimum absolute atomic E-state index is 0.198. The van der Waals surface area contributed by atoms with Gasteiger partial charge in [-0.1, -0.05) is 28.1 Å². The molecule has 0 atom stereocenters. The summed E-state index contributed by atoms with van der Waals surface area (Å²) in [6, 6.07) is 12.5. The minimum Gasteiger partial charge on any atom is -0.491 e. The van der Waals surface area contributed by atoms with Gasteiger partial charge in [-0.15, -0.1) is 0 Å². The van der Waals surface area contributed by atoms with E-state index in [9.17, 15) is 0 Å². The number of ether oxygens (including phenoxy) is 1. The molecule has 2 aromatic rings. The van der Waals surface area contributed by atoms with Crippen LogP contribution in [0.1, 0.15) is 30.5 Å². The summed E-state index contributed by atoms with van der Waals surface area (Å²) in [4.78, 5) is 0. The number of nitrogens with one attached hydrogen (secondary N) is 1. The van der Waals surface area contributed by atoms with E-state index < -0.39 is 0 Å². The number of halogens is 1. The van der Waals surface area contributed by atoms with E-state index in [2.05, 4.69) is 59.4 Å². The zero-order valence-corrected chi connectivity index (χ0v) is 14.6. The quantitative estimate of drug-likeness (QED) is 0.774. The molecular weight excluding hydrogens is 326 g/mol. The lowest BCUT2D eigenvalue weighted by Gasteiger charge is -2.15. The summed E-state index contributed by atoms with van der Waals surface area (Å²) < 4.78 is 6.86. The van der Waals surface area contributed by atoms with Crippen LogP contribution in [0.2, 0.25) is 0 Å². The van der Waals surface area contributed by atoms with Crippen LogP contribution in [0.4, 0.5) is 5.69 Å². The lowest BCUT2D eigenvalue weighted by atomic mass is 10.1. The van der Waals surface area contributed by atoms with Crippen LogP contribution in [0, 0.1) is 13.8 Å². The highest BCUT2D eigenvalue weighted by molar-refractivity contribution is 9.10. The molecule has 1 N–H and O–H groups in total. The summed E-state index contributed by atoms with van der Waals surface area (Å²) >= 11 is 3.53. The van der Waals surface area contributed by atoms with Crippen molar-refractivity contribution in [3.63, 3.8) is 0 Å². The first-order valence-electron chi connectivity index (χ1n) is 7.22. The molecule has 2 nitrogen and oxygen atoms in total. The van der Waals surface area contributed by atoms with Crippen LogP contribution in [0.15, 0.2) is 40.9 Å². The Balaban J connectivity index is 2.10.